The third kappa shape index (κ3) is 2.35. The molecule has 0 spiro atoms. The molecular formula is C17H28N2O2. The number of nitrogens with zero attached hydrogens (tertiary/aromatic N) is 1. The molecule has 4 nitrogen and oxygen atoms in total. The Labute approximate surface area is 128 Å². The summed E-state index contributed by atoms with van der Waals surface area (Å²) in [5, 5.41) is 3.55. The summed E-state index contributed by atoms with van der Waals surface area (Å²) in [5.74, 6) is 1.63. The molecule has 2 atom stereocenters. The highest BCUT2D eigenvalue weighted by molar-refractivity contribution is 5.73. The van der Waals surface area contributed by atoms with E-state index in [-0.39, 0.29) is 6.84 Å². The second-order valence-corrected chi connectivity index (χ2v) is 6.62. The van der Waals surface area contributed by atoms with Crippen molar-refractivity contribution in [1.29, 1.82) is 0 Å². The van der Waals surface area contributed by atoms with Gasteiger partial charge in [0.25, 0.3) is 0 Å². The Balaban J connectivity index is 0.00000176. The maximum absolute atomic E-state index is 5.57. The van der Waals surface area contributed by atoms with E-state index in [9.17, 15) is 0 Å². The molecule has 2 aliphatic heterocycles. The van der Waals surface area contributed by atoms with Crippen LogP contribution in [0.2, 0.25) is 0 Å². The SMILES string of the molecule is COc1ccc2c(c1OC)NCC2(C)C[C@H]1CCCN1C.[HH]. The van der Waals surface area contributed by atoms with Crippen molar-refractivity contribution >= 4 is 5.69 Å². The summed E-state index contributed by atoms with van der Waals surface area (Å²) in [4.78, 5) is 2.50. The van der Waals surface area contributed by atoms with E-state index in [1.165, 1.54) is 31.4 Å². The lowest BCUT2D eigenvalue weighted by Gasteiger charge is -2.31. The fourth-order valence-corrected chi connectivity index (χ4v) is 3.92. The van der Waals surface area contributed by atoms with Gasteiger partial charge in [0.15, 0.2) is 11.5 Å². The van der Waals surface area contributed by atoms with Gasteiger partial charge in [0, 0.05) is 19.4 Å². The van der Waals surface area contributed by atoms with Crippen LogP contribution in [0.1, 0.15) is 33.2 Å². The zero-order valence-corrected chi connectivity index (χ0v) is 13.5. The molecular weight excluding hydrogens is 264 g/mol. The minimum Gasteiger partial charge on any atom is -0.493 e. The van der Waals surface area contributed by atoms with Crippen molar-refractivity contribution in [3.63, 3.8) is 0 Å². The van der Waals surface area contributed by atoms with Gasteiger partial charge in [-0.3, -0.25) is 0 Å². The Bertz CT molecular complexity index is 538. The van der Waals surface area contributed by atoms with Gasteiger partial charge in [-0.25, -0.2) is 0 Å². The Morgan fingerprint density at radius 1 is 1.38 bits per heavy atom. The molecule has 0 radical (unpaired) electrons. The summed E-state index contributed by atoms with van der Waals surface area (Å²) in [6.07, 6.45) is 3.83. The van der Waals surface area contributed by atoms with Gasteiger partial charge >= 0.3 is 0 Å². The molecule has 1 saturated heterocycles. The second-order valence-electron chi connectivity index (χ2n) is 6.62. The number of ether oxygens (including phenoxy) is 2. The lowest BCUT2D eigenvalue weighted by molar-refractivity contribution is 0.254. The van der Waals surface area contributed by atoms with Gasteiger partial charge in [0.05, 0.1) is 19.9 Å². The largest absolute Gasteiger partial charge is 0.493 e. The highest BCUT2D eigenvalue weighted by Gasteiger charge is 2.40. The standard InChI is InChI=1S/C17H26N2O2.H2/c1-17(10-12-6-5-9-19(12)2)11-18-15-13(17)7-8-14(20-3)16(15)21-4;/h7-8,12,18H,5-6,9-11H2,1-4H3;1H/t12-,17?;/m1./s1. The molecule has 0 saturated carbocycles. The van der Waals surface area contributed by atoms with Crippen LogP contribution in [0.5, 0.6) is 11.5 Å². The summed E-state index contributed by atoms with van der Waals surface area (Å²) >= 11 is 0. The molecule has 3 rings (SSSR count). The van der Waals surface area contributed by atoms with E-state index in [4.69, 9.17) is 9.47 Å². The molecule has 0 aromatic heterocycles. The molecule has 0 bridgehead atoms. The number of likely N-dealkylation sites (tertiary alicyclic amines) is 1. The summed E-state index contributed by atoms with van der Waals surface area (Å²) < 4.78 is 11.0. The van der Waals surface area contributed by atoms with Crippen LogP contribution in [0.3, 0.4) is 0 Å². The molecule has 1 aromatic rings. The topological polar surface area (TPSA) is 33.7 Å². The molecule has 0 amide bonds. The van der Waals surface area contributed by atoms with E-state index >= 15 is 0 Å². The third-order valence-electron chi connectivity index (χ3n) is 5.21. The van der Waals surface area contributed by atoms with Crippen LogP contribution in [-0.4, -0.2) is 45.3 Å². The van der Waals surface area contributed by atoms with Crippen molar-refractivity contribution in [2.45, 2.75) is 37.6 Å². The number of hydrogen-bond acceptors (Lipinski definition) is 4. The normalized spacial score (nSPS) is 28.3. The molecule has 118 valence electrons. The number of fused-ring (bicyclic) bond motifs is 1. The molecule has 1 N–H and O–H groups in total. The summed E-state index contributed by atoms with van der Waals surface area (Å²) in [7, 11) is 5.64. The highest BCUT2D eigenvalue weighted by atomic mass is 16.5. The molecule has 1 fully saturated rings. The van der Waals surface area contributed by atoms with E-state index in [1.807, 2.05) is 6.07 Å². The molecule has 0 aliphatic carbocycles. The number of methoxy groups -OCH3 is 2. The smallest absolute Gasteiger partial charge is 0.184 e. The van der Waals surface area contributed by atoms with Crippen LogP contribution in [-0.2, 0) is 5.41 Å². The molecule has 1 aromatic carbocycles. The number of rotatable bonds is 4. The summed E-state index contributed by atoms with van der Waals surface area (Å²) in [6.45, 7) is 4.56. The molecule has 2 aliphatic rings. The predicted octanol–water partition coefficient (Wildman–Crippen LogP) is 3.12. The number of hydrogen-bond donors (Lipinski definition) is 1. The average molecular weight is 292 g/mol. The quantitative estimate of drug-likeness (QED) is 0.924. The average Bonchev–Trinajstić information content (AvgIpc) is 3.03. The first-order valence-corrected chi connectivity index (χ1v) is 7.78. The van der Waals surface area contributed by atoms with Crippen LogP contribution < -0.4 is 14.8 Å². The van der Waals surface area contributed by atoms with E-state index in [1.54, 1.807) is 14.2 Å². The first kappa shape index (κ1) is 14.5. The van der Waals surface area contributed by atoms with Crippen LogP contribution >= 0.6 is 0 Å². The van der Waals surface area contributed by atoms with Gasteiger partial charge in [0.2, 0.25) is 0 Å². The predicted molar refractivity (Wildman–Crippen MR) is 87.8 cm³/mol. The van der Waals surface area contributed by atoms with Gasteiger partial charge in [-0.2, -0.15) is 0 Å². The molecule has 4 heteroatoms. The third-order valence-corrected chi connectivity index (χ3v) is 5.21. The van der Waals surface area contributed by atoms with E-state index in [2.05, 4.69) is 30.3 Å². The summed E-state index contributed by atoms with van der Waals surface area (Å²) in [6, 6.07) is 4.92. The van der Waals surface area contributed by atoms with Gasteiger partial charge in [-0.15, -0.1) is 0 Å². The van der Waals surface area contributed by atoms with E-state index in [0.717, 1.165) is 23.7 Å². The van der Waals surface area contributed by atoms with Crippen molar-refractivity contribution in [3.8, 4) is 11.5 Å². The van der Waals surface area contributed by atoms with Crippen LogP contribution in [0.4, 0.5) is 5.69 Å². The zero-order valence-electron chi connectivity index (χ0n) is 13.5. The van der Waals surface area contributed by atoms with Crippen molar-refractivity contribution in [1.82, 2.24) is 4.90 Å². The van der Waals surface area contributed by atoms with Gasteiger partial charge < -0.3 is 19.7 Å². The van der Waals surface area contributed by atoms with Crippen molar-refractivity contribution in [2.24, 2.45) is 0 Å². The first-order valence-electron chi connectivity index (χ1n) is 7.78. The number of benzene rings is 1. The summed E-state index contributed by atoms with van der Waals surface area (Å²) in [5.41, 5.74) is 2.64. The molecule has 2 heterocycles. The van der Waals surface area contributed by atoms with Gasteiger partial charge in [-0.1, -0.05) is 13.0 Å². The maximum Gasteiger partial charge on any atom is 0.184 e. The molecule has 1 unspecified atom stereocenters. The lowest BCUT2D eigenvalue weighted by Crippen LogP contribution is -2.35. The minimum absolute atomic E-state index is 0. The van der Waals surface area contributed by atoms with E-state index < -0.39 is 0 Å². The van der Waals surface area contributed by atoms with Crippen LogP contribution in [0.15, 0.2) is 12.1 Å². The number of nitrogens with one attached hydrogen (secondary N) is 1. The van der Waals surface area contributed by atoms with Crippen LogP contribution in [0.25, 0.3) is 0 Å². The van der Waals surface area contributed by atoms with Crippen molar-refractivity contribution < 1.29 is 10.9 Å². The fraction of sp³-hybridized carbons (Fsp3) is 0.647. The van der Waals surface area contributed by atoms with Crippen molar-refractivity contribution in [3.05, 3.63) is 17.7 Å². The second kappa shape index (κ2) is 5.41. The Morgan fingerprint density at radius 2 is 2.19 bits per heavy atom. The highest BCUT2D eigenvalue weighted by Crippen LogP contribution is 2.49. The minimum atomic E-state index is 0. The van der Waals surface area contributed by atoms with Crippen molar-refractivity contribution in [2.75, 3.05) is 39.7 Å². The Morgan fingerprint density at radius 3 is 2.81 bits per heavy atom. The maximum atomic E-state index is 5.57. The van der Waals surface area contributed by atoms with E-state index in [0.29, 0.717) is 6.04 Å². The Kier molecular flexibility index (Phi) is 3.74. The Hall–Kier alpha value is -1.42. The lowest BCUT2D eigenvalue weighted by atomic mass is 9.78. The molecule has 21 heavy (non-hydrogen) atoms. The number of anilines is 1. The van der Waals surface area contributed by atoms with Crippen LogP contribution in [0, 0.1) is 0 Å². The monoisotopic (exact) mass is 292 g/mol. The fourth-order valence-electron chi connectivity index (χ4n) is 3.92. The van der Waals surface area contributed by atoms with Gasteiger partial charge in [-0.05, 0) is 44.5 Å². The first-order chi connectivity index (χ1) is 10.1. The zero-order chi connectivity index (χ0) is 15.0. The van der Waals surface area contributed by atoms with Gasteiger partial charge in [0.1, 0.15) is 0 Å².